The van der Waals surface area contributed by atoms with E-state index < -0.39 is 11.7 Å². The van der Waals surface area contributed by atoms with Crippen LogP contribution in [0.2, 0.25) is 0 Å². The van der Waals surface area contributed by atoms with Gasteiger partial charge < -0.3 is 5.32 Å². The summed E-state index contributed by atoms with van der Waals surface area (Å²) < 4.78 is 37.8. The summed E-state index contributed by atoms with van der Waals surface area (Å²) in [5.74, 6) is 0. The summed E-state index contributed by atoms with van der Waals surface area (Å²) in [5, 5.41) is 12.1. The molecule has 1 atom stereocenters. The van der Waals surface area contributed by atoms with E-state index in [9.17, 15) is 13.2 Å². The van der Waals surface area contributed by atoms with Gasteiger partial charge in [0.05, 0.1) is 16.8 Å². The lowest BCUT2D eigenvalue weighted by molar-refractivity contribution is -0.137. The molecule has 2 rings (SSSR count). The number of rotatable bonds is 5. The Balaban J connectivity index is 2.04. The third kappa shape index (κ3) is 3.88. The highest BCUT2D eigenvalue weighted by molar-refractivity contribution is 5.59. The molecule has 0 bridgehead atoms. The van der Waals surface area contributed by atoms with Crippen molar-refractivity contribution in [1.82, 2.24) is 4.90 Å². The van der Waals surface area contributed by atoms with Crippen molar-refractivity contribution in [2.45, 2.75) is 38.0 Å². The van der Waals surface area contributed by atoms with Crippen molar-refractivity contribution in [3.05, 3.63) is 29.3 Å². The first kappa shape index (κ1) is 15.6. The second-order valence-corrected chi connectivity index (χ2v) is 5.50. The van der Waals surface area contributed by atoms with Crippen LogP contribution in [0.3, 0.4) is 0 Å². The molecular weight excluding hydrogens is 279 g/mol. The Kier molecular flexibility index (Phi) is 4.43. The summed E-state index contributed by atoms with van der Waals surface area (Å²) in [6.07, 6.45) is -2.03. The van der Waals surface area contributed by atoms with Crippen LogP contribution in [-0.4, -0.2) is 30.6 Å². The highest BCUT2D eigenvalue weighted by atomic mass is 19.4. The van der Waals surface area contributed by atoms with Crippen molar-refractivity contribution >= 4 is 5.69 Å². The zero-order valence-electron chi connectivity index (χ0n) is 12.0. The number of hydrogen-bond donors (Lipinski definition) is 1. The Hall–Kier alpha value is -1.74. The molecule has 1 aliphatic rings. The van der Waals surface area contributed by atoms with Gasteiger partial charge in [-0.1, -0.05) is 0 Å². The van der Waals surface area contributed by atoms with E-state index in [0.29, 0.717) is 18.3 Å². The average molecular weight is 297 g/mol. The smallest absolute Gasteiger partial charge is 0.382 e. The Morgan fingerprint density at radius 3 is 2.62 bits per heavy atom. The maximum Gasteiger partial charge on any atom is 0.416 e. The van der Waals surface area contributed by atoms with Gasteiger partial charge in [0.15, 0.2) is 0 Å². The van der Waals surface area contributed by atoms with Crippen LogP contribution in [0.25, 0.3) is 0 Å². The predicted molar refractivity (Wildman–Crippen MR) is 74.9 cm³/mol. The highest BCUT2D eigenvalue weighted by Gasteiger charge is 2.31. The van der Waals surface area contributed by atoms with Crippen LogP contribution in [0.5, 0.6) is 0 Å². The average Bonchev–Trinajstić information content (AvgIpc) is 3.27. The summed E-state index contributed by atoms with van der Waals surface area (Å²) >= 11 is 0. The highest BCUT2D eigenvalue weighted by Crippen LogP contribution is 2.32. The lowest BCUT2D eigenvalue weighted by Crippen LogP contribution is -2.36. The van der Waals surface area contributed by atoms with Crippen molar-refractivity contribution in [3.63, 3.8) is 0 Å². The second-order valence-electron chi connectivity index (χ2n) is 5.50. The monoisotopic (exact) mass is 297 g/mol. The lowest BCUT2D eigenvalue weighted by Gasteiger charge is -2.25. The number of nitrogens with one attached hydrogen (secondary N) is 1. The molecule has 1 aromatic rings. The van der Waals surface area contributed by atoms with Gasteiger partial charge in [0.2, 0.25) is 0 Å². The molecule has 114 valence electrons. The molecule has 0 radical (unpaired) electrons. The first-order valence-corrected chi connectivity index (χ1v) is 6.90. The number of alkyl halides is 3. The molecule has 0 amide bonds. The molecule has 1 saturated carbocycles. The van der Waals surface area contributed by atoms with Crippen molar-refractivity contribution in [2.75, 3.05) is 18.9 Å². The molecule has 3 nitrogen and oxygen atoms in total. The molecule has 6 heteroatoms. The number of benzene rings is 1. The van der Waals surface area contributed by atoms with E-state index in [1.54, 1.807) is 0 Å². The van der Waals surface area contributed by atoms with Crippen LogP contribution in [0.1, 0.15) is 30.9 Å². The fourth-order valence-corrected chi connectivity index (χ4v) is 2.21. The summed E-state index contributed by atoms with van der Waals surface area (Å²) in [5.41, 5.74) is -0.333. The van der Waals surface area contributed by atoms with Gasteiger partial charge in [0, 0.05) is 18.6 Å². The summed E-state index contributed by atoms with van der Waals surface area (Å²) in [7, 11) is 2.04. The third-order valence-electron chi connectivity index (χ3n) is 3.87. The Labute approximate surface area is 122 Å². The van der Waals surface area contributed by atoms with E-state index in [0.717, 1.165) is 12.1 Å². The summed E-state index contributed by atoms with van der Waals surface area (Å²) in [4.78, 5) is 2.25. The molecule has 0 aromatic heterocycles. The number of nitrogens with zero attached hydrogens (tertiary/aromatic N) is 2. The van der Waals surface area contributed by atoms with Crippen LogP contribution < -0.4 is 5.32 Å². The third-order valence-corrected chi connectivity index (χ3v) is 3.87. The van der Waals surface area contributed by atoms with Gasteiger partial charge in [-0.25, -0.2) is 0 Å². The van der Waals surface area contributed by atoms with Crippen molar-refractivity contribution in [2.24, 2.45) is 0 Å². The van der Waals surface area contributed by atoms with Crippen LogP contribution in [0.4, 0.5) is 18.9 Å². The Bertz CT molecular complexity index is 544. The lowest BCUT2D eigenvalue weighted by atomic mass is 10.1. The van der Waals surface area contributed by atoms with Crippen molar-refractivity contribution in [1.29, 1.82) is 5.26 Å². The zero-order valence-corrected chi connectivity index (χ0v) is 12.0. The molecule has 1 unspecified atom stereocenters. The normalized spacial score (nSPS) is 16.6. The van der Waals surface area contributed by atoms with Crippen molar-refractivity contribution in [3.8, 4) is 6.07 Å². The minimum Gasteiger partial charge on any atom is -0.382 e. The van der Waals surface area contributed by atoms with Gasteiger partial charge in [-0.2, -0.15) is 18.4 Å². The van der Waals surface area contributed by atoms with E-state index in [1.807, 2.05) is 13.1 Å². The fraction of sp³-hybridized carbons (Fsp3) is 0.533. The van der Waals surface area contributed by atoms with E-state index in [1.165, 1.54) is 18.9 Å². The predicted octanol–water partition coefficient (Wildman–Crippen LogP) is 3.47. The molecule has 1 aliphatic carbocycles. The van der Waals surface area contributed by atoms with Crippen molar-refractivity contribution < 1.29 is 13.2 Å². The quantitative estimate of drug-likeness (QED) is 0.904. The fourth-order valence-electron chi connectivity index (χ4n) is 2.21. The van der Waals surface area contributed by atoms with E-state index in [-0.39, 0.29) is 11.6 Å². The molecule has 21 heavy (non-hydrogen) atoms. The molecule has 1 aromatic carbocycles. The van der Waals surface area contributed by atoms with Gasteiger partial charge in [0.1, 0.15) is 6.07 Å². The van der Waals surface area contributed by atoms with E-state index in [2.05, 4.69) is 17.1 Å². The van der Waals surface area contributed by atoms with Gasteiger partial charge in [-0.3, -0.25) is 4.90 Å². The zero-order chi connectivity index (χ0) is 15.6. The molecule has 0 heterocycles. The minimum atomic E-state index is -4.43. The standard InChI is InChI=1S/C15H18F3N3/c1-10(21(2)13-4-5-13)9-20-14-6-3-12(15(16,17)18)7-11(14)8-19/h3,6-7,10,13,20H,4-5,9H2,1-2H3. The number of anilines is 1. The van der Waals surface area contributed by atoms with Crippen LogP contribution in [-0.2, 0) is 6.18 Å². The van der Waals surface area contributed by atoms with E-state index in [4.69, 9.17) is 5.26 Å². The first-order chi connectivity index (χ1) is 9.82. The first-order valence-electron chi connectivity index (χ1n) is 6.90. The molecule has 0 aliphatic heterocycles. The second kappa shape index (κ2) is 5.94. The maximum atomic E-state index is 12.6. The number of nitriles is 1. The molecule has 0 saturated heterocycles. The largest absolute Gasteiger partial charge is 0.416 e. The number of hydrogen-bond acceptors (Lipinski definition) is 3. The van der Waals surface area contributed by atoms with Crippen LogP contribution in [0.15, 0.2) is 18.2 Å². The molecular formula is C15H18F3N3. The van der Waals surface area contributed by atoms with Crippen LogP contribution >= 0.6 is 0 Å². The maximum absolute atomic E-state index is 12.6. The number of likely N-dealkylation sites (N-methyl/N-ethyl adjacent to an activating group) is 1. The van der Waals surface area contributed by atoms with Gasteiger partial charge in [-0.15, -0.1) is 0 Å². The molecule has 1 N–H and O–H groups in total. The van der Waals surface area contributed by atoms with Gasteiger partial charge in [-0.05, 0) is 45.0 Å². The van der Waals surface area contributed by atoms with E-state index >= 15 is 0 Å². The summed E-state index contributed by atoms with van der Waals surface area (Å²) in [6, 6.07) is 5.90. The topological polar surface area (TPSA) is 39.1 Å². The molecule has 0 spiro atoms. The minimum absolute atomic E-state index is 0.0195. The van der Waals surface area contributed by atoms with Crippen LogP contribution in [0, 0.1) is 11.3 Å². The SMILES string of the molecule is CC(CNc1ccc(C(F)(F)F)cc1C#N)N(C)C1CC1. The Morgan fingerprint density at radius 2 is 2.10 bits per heavy atom. The molecule has 1 fully saturated rings. The van der Waals surface area contributed by atoms with Gasteiger partial charge >= 0.3 is 6.18 Å². The van der Waals surface area contributed by atoms with Gasteiger partial charge in [0.25, 0.3) is 0 Å². The number of halogens is 3. The Morgan fingerprint density at radius 1 is 1.43 bits per heavy atom. The summed E-state index contributed by atoms with van der Waals surface area (Å²) in [6.45, 7) is 2.65.